The Kier molecular flexibility index (Phi) is 7.76. The Morgan fingerprint density at radius 1 is 1.25 bits per heavy atom. The van der Waals surface area contributed by atoms with E-state index in [4.69, 9.17) is 4.74 Å². The lowest BCUT2D eigenvalue weighted by Crippen LogP contribution is -2.02. The Labute approximate surface area is 74.6 Å². The molecule has 0 saturated heterocycles. The summed E-state index contributed by atoms with van der Waals surface area (Å²) in [5.41, 5.74) is 0. The molecule has 0 amide bonds. The number of esters is 1. The third-order valence-electron chi connectivity index (χ3n) is 1.42. The average molecular weight is 170 g/mol. The number of carbonyl (C=O) groups is 1. The highest BCUT2D eigenvalue weighted by molar-refractivity contribution is 5.69. The maximum Gasteiger partial charge on any atom is 0.306 e. The van der Waals surface area contributed by atoms with Crippen LogP contribution in [0, 0.1) is 0 Å². The van der Waals surface area contributed by atoms with Crippen LogP contribution in [0.25, 0.3) is 0 Å². The summed E-state index contributed by atoms with van der Waals surface area (Å²) < 4.78 is 4.90. The van der Waals surface area contributed by atoms with Gasteiger partial charge in [0.2, 0.25) is 0 Å². The van der Waals surface area contributed by atoms with E-state index in [9.17, 15) is 4.79 Å². The van der Waals surface area contributed by atoms with Crippen LogP contribution in [0.4, 0.5) is 0 Å². The zero-order chi connectivity index (χ0) is 9.23. The summed E-state index contributed by atoms with van der Waals surface area (Å²) >= 11 is 0. The standard InChI is InChI=1S/C10H18O2/c1-3-5-6-7-9-12-10(11)8-4-2/h6-7H,3-5,8-9H2,1-2H3. The lowest BCUT2D eigenvalue weighted by atomic mass is 10.3. The van der Waals surface area contributed by atoms with E-state index in [0.29, 0.717) is 13.0 Å². The second-order valence-corrected chi connectivity index (χ2v) is 2.69. The van der Waals surface area contributed by atoms with Crippen molar-refractivity contribution in [3.63, 3.8) is 0 Å². The Morgan fingerprint density at radius 2 is 2.00 bits per heavy atom. The highest BCUT2D eigenvalue weighted by atomic mass is 16.5. The van der Waals surface area contributed by atoms with Gasteiger partial charge < -0.3 is 4.74 Å². The minimum atomic E-state index is -0.0985. The van der Waals surface area contributed by atoms with E-state index in [2.05, 4.69) is 6.92 Å². The Balaban J connectivity index is 3.24. The molecule has 0 aliphatic carbocycles. The molecule has 0 saturated carbocycles. The molecule has 0 bridgehead atoms. The summed E-state index contributed by atoms with van der Waals surface area (Å²) in [4.78, 5) is 10.8. The van der Waals surface area contributed by atoms with Gasteiger partial charge in [0.15, 0.2) is 0 Å². The van der Waals surface area contributed by atoms with Crippen LogP contribution in [0.5, 0.6) is 0 Å². The maximum absolute atomic E-state index is 10.8. The summed E-state index contributed by atoms with van der Waals surface area (Å²) in [5, 5.41) is 0. The fourth-order valence-electron chi connectivity index (χ4n) is 0.770. The van der Waals surface area contributed by atoms with Crippen molar-refractivity contribution in [3.05, 3.63) is 12.2 Å². The molecule has 0 heterocycles. The molecule has 0 N–H and O–H groups in total. The molecular formula is C10H18O2. The summed E-state index contributed by atoms with van der Waals surface area (Å²) in [6, 6.07) is 0. The number of hydrogen-bond acceptors (Lipinski definition) is 2. The van der Waals surface area contributed by atoms with E-state index in [1.54, 1.807) is 0 Å². The van der Waals surface area contributed by atoms with Gasteiger partial charge in [-0.3, -0.25) is 4.79 Å². The highest BCUT2D eigenvalue weighted by Gasteiger charge is 1.96. The van der Waals surface area contributed by atoms with Crippen LogP contribution in [0.2, 0.25) is 0 Å². The third-order valence-corrected chi connectivity index (χ3v) is 1.42. The first-order valence-corrected chi connectivity index (χ1v) is 4.61. The van der Waals surface area contributed by atoms with Crippen molar-refractivity contribution in [2.24, 2.45) is 0 Å². The molecule has 0 aromatic heterocycles. The largest absolute Gasteiger partial charge is 0.461 e. The first-order chi connectivity index (χ1) is 5.81. The summed E-state index contributed by atoms with van der Waals surface area (Å²) in [6.07, 6.45) is 7.53. The molecule has 2 nitrogen and oxygen atoms in total. The second kappa shape index (κ2) is 8.31. The van der Waals surface area contributed by atoms with Gasteiger partial charge >= 0.3 is 5.97 Å². The molecule has 0 aliphatic heterocycles. The predicted molar refractivity (Wildman–Crippen MR) is 49.9 cm³/mol. The summed E-state index contributed by atoms with van der Waals surface area (Å²) in [5.74, 6) is -0.0985. The molecule has 0 aliphatic rings. The van der Waals surface area contributed by atoms with Crippen LogP contribution in [-0.2, 0) is 9.53 Å². The second-order valence-electron chi connectivity index (χ2n) is 2.69. The molecule has 0 atom stereocenters. The van der Waals surface area contributed by atoms with Gasteiger partial charge in [-0.1, -0.05) is 32.4 Å². The van der Waals surface area contributed by atoms with E-state index < -0.39 is 0 Å². The van der Waals surface area contributed by atoms with E-state index >= 15 is 0 Å². The van der Waals surface area contributed by atoms with Gasteiger partial charge in [0, 0.05) is 6.42 Å². The van der Waals surface area contributed by atoms with Crippen molar-refractivity contribution in [1.82, 2.24) is 0 Å². The normalized spacial score (nSPS) is 10.5. The quantitative estimate of drug-likeness (QED) is 0.452. The molecule has 0 fully saturated rings. The van der Waals surface area contributed by atoms with Crippen LogP contribution in [0.1, 0.15) is 39.5 Å². The van der Waals surface area contributed by atoms with Crippen molar-refractivity contribution in [2.75, 3.05) is 6.61 Å². The Hall–Kier alpha value is -0.790. The molecule has 0 rings (SSSR count). The molecule has 0 aromatic rings. The number of ether oxygens (including phenoxy) is 1. The van der Waals surface area contributed by atoms with Gasteiger partial charge in [0.1, 0.15) is 6.61 Å². The molecule has 2 heteroatoms. The minimum absolute atomic E-state index is 0.0985. The fraction of sp³-hybridized carbons (Fsp3) is 0.700. The minimum Gasteiger partial charge on any atom is -0.461 e. The number of rotatable bonds is 6. The van der Waals surface area contributed by atoms with E-state index in [1.807, 2.05) is 19.1 Å². The van der Waals surface area contributed by atoms with Crippen molar-refractivity contribution in [3.8, 4) is 0 Å². The number of carbonyl (C=O) groups excluding carboxylic acids is 1. The average Bonchev–Trinajstić information content (AvgIpc) is 2.05. The van der Waals surface area contributed by atoms with Crippen molar-refractivity contribution in [1.29, 1.82) is 0 Å². The fourth-order valence-corrected chi connectivity index (χ4v) is 0.770. The Morgan fingerprint density at radius 3 is 2.58 bits per heavy atom. The molecule has 70 valence electrons. The third kappa shape index (κ3) is 7.32. The van der Waals surface area contributed by atoms with Crippen LogP contribution in [0.3, 0.4) is 0 Å². The van der Waals surface area contributed by atoms with Crippen LogP contribution < -0.4 is 0 Å². The summed E-state index contributed by atoms with van der Waals surface area (Å²) in [7, 11) is 0. The Bertz CT molecular complexity index is 139. The van der Waals surface area contributed by atoms with E-state index in [-0.39, 0.29) is 5.97 Å². The first-order valence-electron chi connectivity index (χ1n) is 4.61. The van der Waals surface area contributed by atoms with E-state index in [0.717, 1.165) is 19.3 Å². The molecule has 0 radical (unpaired) electrons. The molecule has 12 heavy (non-hydrogen) atoms. The van der Waals surface area contributed by atoms with Crippen LogP contribution in [0.15, 0.2) is 12.2 Å². The lowest BCUT2D eigenvalue weighted by Gasteiger charge is -1.98. The number of hydrogen-bond donors (Lipinski definition) is 0. The predicted octanol–water partition coefficient (Wildman–Crippen LogP) is 2.69. The number of allylic oxidation sites excluding steroid dienone is 1. The van der Waals surface area contributed by atoms with Crippen molar-refractivity contribution < 1.29 is 9.53 Å². The van der Waals surface area contributed by atoms with Crippen molar-refractivity contribution in [2.45, 2.75) is 39.5 Å². The SMILES string of the molecule is CCCC=CCOC(=O)CCC. The van der Waals surface area contributed by atoms with Gasteiger partial charge in [-0.25, -0.2) is 0 Å². The zero-order valence-corrected chi connectivity index (χ0v) is 8.01. The summed E-state index contributed by atoms with van der Waals surface area (Å²) in [6.45, 7) is 4.51. The smallest absolute Gasteiger partial charge is 0.306 e. The van der Waals surface area contributed by atoms with Gasteiger partial charge in [0.05, 0.1) is 0 Å². The van der Waals surface area contributed by atoms with Gasteiger partial charge in [-0.15, -0.1) is 0 Å². The van der Waals surface area contributed by atoms with E-state index in [1.165, 1.54) is 0 Å². The van der Waals surface area contributed by atoms with Crippen LogP contribution in [-0.4, -0.2) is 12.6 Å². The lowest BCUT2D eigenvalue weighted by molar-refractivity contribution is -0.142. The molecule has 0 spiro atoms. The molecular weight excluding hydrogens is 152 g/mol. The monoisotopic (exact) mass is 170 g/mol. The first kappa shape index (κ1) is 11.2. The maximum atomic E-state index is 10.8. The topological polar surface area (TPSA) is 26.3 Å². The molecule has 0 unspecified atom stereocenters. The highest BCUT2D eigenvalue weighted by Crippen LogP contribution is 1.92. The van der Waals surface area contributed by atoms with Gasteiger partial charge in [0.25, 0.3) is 0 Å². The zero-order valence-electron chi connectivity index (χ0n) is 8.01. The van der Waals surface area contributed by atoms with Gasteiger partial charge in [-0.05, 0) is 12.8 Å². The van der Waals surface area contributed by atoms with Crippen molar-refractivity contribution >= 4 is 5.97 Å². The molecule has 0 aromatic carbocycles. The van der Waals surface area contributed by atoms with Gasteiger partial charge in [-0.2, -0.15) is 0 Å². The number of unbranched alkanes of at least 4 members (excludes halogenated alkanes) is 1. The van der Waals surface area contributed by atoms with Crippen LogP contribution >= 0.6 is 0 Å².